The average molecular weight is 238 g/mol. The normalized spacial score (nSPS) is 9.56. The van der Waals surface area contributed by atoms with Crippen molar-refractivity contribution in [2.45, 2.75) is 6.42 Å². The van der Waals surface area contributed by atoms with E-state index in [0.717, 1.165) is 0 Å². The summed E-state index contributed by atoms with van der Waals surface area (Å²) in [5, 5.41) is 8.69. The molecule has 1 amide bonds. The van der Waals surface area contributed by atoms with Gasteiger partial charge >= 0.3 is 0 Å². The Morgan fingerprint density at radius 1 is 1.62 bits per heavy atom. The van der Waals surface area contributed by atoms with Crippen molar-refractivity contribution in [3.05, 3.63) is 28.8 Å². The van der Waals surface area contributed by atoms with E-state index in [0.29, 0.717) is 24.2 Å². The van der Waals surface area contributed by atoms with Gasteiger partial charge < -0.3 is 10.6 Å². The second-order valence-electron chi connectivity index (χ2n) is 3.34. The number of nitrogens with two attached hydrogens (primary N) is 1. The Morgan fingerprint density at radius 3 is 2.94 bits per heavy atom. The summed E-state index contributed by atoms with van der Waals surface area (Å²) in [5.41, 5.74) is 6.34. The maximum absolute atomic E-state index is 11.9. The van der Waals surface area contributed by atoms with E-state index in [1.807, 2.05) is 6.07 Å². The summed E-state index contributed by atoms with van der Waals surface area (Å²) in [7, 11) is 1.62. The van der Waals surface area contributed by atoms with Crippen LogP contribution in [0.25, 0.3) is 0 Å². The van der Waals surface area contributed by atoms with Crippen LogP contribution in [-0.2, 0) is 0 Å². The molecule has 0 spiro atoms. The third-order valence-electron chi connectivity index (χ3n) is 2.16. The lowest BCUT2D eigenvalue weighted by atomic mass is 10.1. The number of nitriles is 1. The van der Waals surface area contributed by atoms with Crippen molar-refractivity contribution in [2.24, 2.45) is 0 Å². The summed E-state index contributed by atoms with van der Waals surface area (Å²) in [5.74, 6) is -0.229. The molecule has 0 unspecified atom stereocenters. The Hall–Kier alpha value is -1.73. The highest BCUT2D eigenvalue weighted by molar-refractivity contribution is 6.36. The summed E-state index contributed by atoms with van der Waals surface area (Å²) < 4.78 is 0. The van der Waals surface area contributed by atoms with Gasteiger partial charge in [-0.25, -0.2) is 0 Å². The summed E-state index contributed by atoms with van der Waals surface area (Å²) >= 11 is 5.93. The number of carbonyl (C=O) groups is 1. The Kier molecular flexibility index (Phi) is 4.15. The molecule has 0 saturated carbocycles. The van der Waals surface area contributed by atoms with E-state index in [1.165, 1.54) is 4.90 Å². The second kappa shape index (κ2) is 5.38. The van der Waals surface area contributed by atoms with Gasteiger partial charge in [0.05, 0.1) is 28.8 Å². The van der Waals surface area contributed by atoms with Gasteiger partial charge in [-0.15, -0.1) is 0 Å². The molecule has 84 valence electrons. The molecule has 0 aromatic heterocycles. The zero-order valence-corrected chi connectivity index (χ0v) is 9.66. The molecule has 0 aliphatic rings. The maximum atomic E-state index is 11.9. The van der Waals surface area contributed by atoms with Crippen molar-refractivity contribution in [3.8, 4) is 6.07 Å². The fourth-order valence-electron chi connectivity index (χ4n) is 1.24. The molecule has 0 radical (unpaired) electrons. The number of hydrogen-bond donors (Lipinski definition) is 1. The number of carbonyl (C=O) groups excluding carboxylic acids is 1. The van der Waals surface area contributed by atoms with Gasteiger partial charge in [0.15, 0.2) is 0 Å². The Morgan fingerprint density at radius 2 is 2.31 bits per heavy atom. The zero-order valence-electron chi connectivity index (χ0n) is 8.90. The molecule has 1 rings (SSSR count). The van der Waals surface area contributed by atoms with Crippen molar-refractivity contribution in [1.29, 1.82) is 5.26 Å². The lowest BCUT2D eigenvalue weighted by molar-refractivity contribution is 0.0798. The highest BCUT2D eigenvalue weighted by Gasteiger charge is 2.15. The number of amides is 1. The molecular weight excluding hydrogens is 226 g/mol. The van der Waals surface area contributed by atoms with Gasteiger partial charge in [-0.05, 0) is 12.1 Å². The van der Waals surface area contributed by atoms with Gasteiger partial charge in [-0.1, -0.05) is 17.7 Å². The Bertz CT molecular complexity index is 439. The van der Waals surface area contributed by atoms with E-state index < -0.39 is 0 Å². The molecule has 2 N–H and O–H groups in total. The molecule has 0 heterocycles. The molecular formula is C11H12ClN3O. The SMILES string of the molecule is CN(CCC#N)C(=O)c1cccc(N)c1Cl. The smallest absolute Gasteiger partial charge is 0.255 e. The Balaban J connectivity index is 2.89. The molecule has 4 nitrogen and oxygen atoms in total. The van der Waals surface area contributed by atoms with Crippen LogP contribution in [0, 0.1) is 11.3 Å². The van der Waals surface area contributed by atoms with Crippen molar-refractivity contribution < 1.29 is 4.79 Å². The first kappa shape index (κ1) is 12.3. The minimum absolute atomic E-state index is 0.229. The molecule has 1 aromatic carbocycles. The van der Waals surface area contributed by atoms with Crippen molar-refractivity contribution in [2.75, 3.05) is 19.3 Å². The van der Waals surface area contributed by atoms with Crippen LogP contribution in [0.4, 0.5) is 5.69 Å². The number of rotatable bonds is 3. The van der Waals surface area contributed by atoms with Crippen LogP contribution in [0.1, 0.15) is 16.8 Å². The Labute approximate surface area is 99.2 Å². The average Bonchev–Trinajstić information content (AvgIpc) is 2.28. The summed E-state index contributed by atoms with van der Waals surface area (Å²) in [6, 6.07) is 6.90. The molecule has 1 aromatic rings. The van der Waals surface area contributed by atoms with Gasteiger partial charge in [-0.2, -0.15) is 5.26 Å². The van der Waals surface area contributed by atoms with E-state index in [-0.39, 0.29) is 10.9 Å². The number of nitrogens with zero attached hydrogens (tertiary/aromatic N) is 2. The number of nitrogen functional groups attached to an aromatic ring is 1. The monoisotopic (exact) mass is 237 g/mol. The first-order valence-electron chi connectivity index (χ1n) is 4.74. The van der Waals surface area contributed by atoms with Gasteiger partial charge in [0.2, 0.25) is 0 Å². The number of benzene rings is 1. The number of halogens is 1. The van der Waals surface area contributed by atoms with Crippen molar-refractivity contribution in [3.63, 3.8) is 0 Å². The van der Waals surface area contributed by atoms with E-state index in [9.17, 15) is 4.79 Å². The highest BCUT2D eigenvalue weighted by Crippen LogP contribution is 2.23. The van der Waals surface area contributed by atoms with Crippen LogP contribution in [0.15, 0.2) is 18.2 Å². The van der Waals surface area contributed by atoms with Gasteiger partial charge in [0.1, 0.15) is 0 Å². The third kappa shape index (κ3) is 2.65. The molecule has 0 aliphatic carbocycles. The highest BCUT2D eigenvalue weighted by atomic mass is 35.5. The predicted octanol–water partition coefficient (Wildman–Crippen LogP) is 1.91. The van der Waals surface area contributed by atoms with Gasteiger partial charge in [0.25, 0.3) is 5.91 Å². The lowest BCUT2D eigenvalue weighted by Crippen LogP contribution is -2.27. The molecule has 16 heavy (non-hydrogen) atoms. The van der Waals surface area contributed by atoms with Crippen LogP contribution < -0.4 is 5.73 Å². The van der Waals surface area contributed by atoms with Gasteiger partial charge in [-0.3, -0.25) is 4.79 Å². The van der Waals surface area contributed by atoms with Gasteiger partial charge in [0, 0.05) is 13.6 Å². The molecule has 0 saturated heterocycles. The van der Waals surface area contributed by atoms with Crippen LogP contribution in [0.5, 0.6) is 0 Å². The summed E-state index contributed by atoms with van der Waals surface area (Å²) in [4.78, 5) is 13.3. The van der Waals surface area contributed by atoms with Crippen molar-refractivity contribution in [1.82, 2.24) is 4.90 Å². The van der Waals surface area contributed by atoms with Crippen LogP contribution in [-0.4, -0.2) is 24.4 Å². The quantitative estimate of drug-likeness (QED) is 0.817. The zero-order chi connectivity index (χ0) is 12.1. The molecule has 0 bridgehead atoms. The number of anilines is 1. The lowest BCUT2D eigenvalue weighted by Gasteiger charge is -2.16. The molecule has 5 heteroatoms. The summed E-state index contributed by atoms with van der Waals surface area (Å²) in [6.45, 7) is 0.375. The largest absolute Gasteiger partial charge is 0.398 e. The van der Waals surface area contributed by atoms with Crippen molar-refractivity contribution >= 4 is 23.2 Å². The molecule has 0 atom stereocenters. The van der Waals surface area contributed by atoms with Crippen LogP contribution in [0.2, 0.25) is 5.02 Å². The second-order valence-corrected chi connectivity index (χ2v) is 3.72. The maximum Gasteiger partial charge on any atom is 0.255 e. The van der Waals surface area contributed by atoms with E-state index in [2.05, 4.69) is 0 Å². The fraction of sp³-hybridized carbons (Fsp3) is 0.273. The van der Waals surface area contributed by atoms with Crippen LogP contribution in [0.3, 0.4) is 0 Å². The third-order valence-corrected chi connectivity index (χ3v) is 2.59. The summed E-state index contributed by atoms with van der Waals surface area (Å²) in [6.07, 6.45) is 0.294. The fourth-order valence-corrected chi connectivity index (χ4v) is 1.45. The first-order valence-corrected chi connectivity index (χ1v) is 5.12. The minimum atomic E-state index is -0.229. The standard InChI is InChI=1S/C11H12ClN3O/c1-15(7-3-6-13)11(16)8-4-2-5-9(14)10(8)12/h2,4-5H,3,7,14H2,1H3. The van der Waals surface area contributed by atoms with E-state index in [4.69, 9.17) is 22.6 Å². The topological polar surface area (TPSA) is 70.1 Å². The molecule has 0 aliphatic heterocycles. The minimum Gasteiger partial charge on any atom is -0.398 e. The van der Waals surface area contributed by atoms with E-state index in [1.54, 1.807) is 25.2 Å². The van der Waals surface area contributed by atoms with Crippen LogP contribution >= 0.6 is 11.6 Å². The first-order chi connectivity index (χ1) is 7.57. The molecule has 0 fully saturated rings. The van der Waals surface area contributed by atoms with E-state index >= 15 is 0 Å². The number of hydrogen-bond acceptors (Lipinski definition) is 3. The predicted molar refractivity (Wildman–Crippen MR) is 63.1 cm³/mol.